The molecule has 0 bridgehead atoms. The number of likely N-dealkylation sites (tertiary alicyclic amines) is 1. The lowest BCUT2D eigenvalue weighted by Crippen LogP contribution is -2.50. The zero-order valence-electron chi connectivity index (χ0n) is 18.3. The highest BCUT2D eigenvalue weighted by molar-refractivity contribution is 4.75. The molecule has 0 saturated carbocycles. The average molecular weight is 342 g/mol. The Kier molecular flexibility index (Phi) is 13.1. The van der Waals surface area contributed by atoms with Crippen molar-refractivity contribution < 1.29 is 0 Å². The van der Waals surface area contributed by atoms with Crippen molar-refractivity contribution in [2.45, 2.75) is 93.3 Å². The molecule has 0 atom stereocenters. The summed E-state index contributed by atoms with van der Waals surface area (Å²) in [4.78, 5) is 7.64. The Morgan fingerprint density at radius 2 is 0.625 bits per heavy atom. The SMILES string of the molecule is CC(C)C.CC(C)N1CCCC1.CC(C)N1CCN(C(C)C)CC1. The summed E-state index contributed by atoms with van der Waals surface area (Å²) in [5, 5.41) is 0. The summed E-state index contributed by atoms with van der Waals surface area (Å²) >= 11 is 0. The van der Waals surface area contributed by atoms with E-state index in [0.29, 0.717) is 0 Å². The third-order valence-corrected chi connectivity index (χ3v) is 4.68. The average Bonchev–Trinajstić information content (AvgIpc) is 3.02. The van der Waals surface area contributed by atoms with Crippen LogP contribution in [0.25, 0.3) is 0 Å². The second-order valence-electron chi connectivity index (χ2n) is 8.83. The van der Waals surface area contributed by atoms with Gasteiger partial charge in [0.15, 0.2) is 0 Å². The van der Waals surface area contributed by atoms with E-state index in [1.807, 2.05) is 0 Å². The van der Waals surface area contributed by atoms with Crippen LogP contribution in [-0.2, 0) is 0 Å². The van der Waals surface area contributed by atoms with E-state index < -0.39 is 0 Å². The van der Waals surface area contributed by atoms with Gasteiger partial charge in [0.25, 0.3) is 0 Å². The van der Waals surface area contributed by atoms with Gasteiger partial charge in [0.1, 0.15) is 0 Å². The van der Waals surface area contributed by atoms with Gasteiger partial charge < -0.3 is 4.90 Å². The predicted molar refractivity (Wildman–Crippen MR) is 110 cm³/mol. The zero-order valence-corrected chi connectivity index (χ0v) is 18.3. The van der Waals surface area contributed by atoms with Crippen LogP contribution in [0.4, 0.5) is 0 Å². The van der Waals surface area contributed by atoms with Gasteiger partial charge >= 0.3 is 0 Å². The predicted octanol–water partition coefficient (Wildman–Crippen LogP) is 4.57. The summed E-state index contributed by atoms with van der Waals surface area (Å²) in [5.74, 6) is 0.833. The van der Waals surface area contributed by atoms with Crippen LogP contribution in [0.2, 0.25) is 0 Å². The lowest BCUT2D eigenvalue weighted by atomic mass is 10.2. The molecule has 0 unspecified atom stereocenters. The van der Waals surface area contributed by atoms with Gasteiger partial charge in [0.2, 0.25) is 0 Å². The summed E-state index contributed by atoms with van der Waals surface area (Å²) < 4.78 is 0. The van der Waals surface area contributed by atoms with Crippen LogP contribution in [0.5, 0.6) is 0 Å². The van der Waals surface area contributed by atoms with Gasteiger partial charge in [0, 0.05) is 44.3 Å². The van der Waals surface area contributed by atoms with Gasteiger partial charge in [-0.25, -0.2) is 0 Å². The Labute approximate surface area is 153 Å². The Bertz CT molecular complexity index is 254. The van der Waals surface area contributed by atoms with Crippen LogP contribution < -0.4 is 0 Å². The molecule has 24 heavy (non-hydrogen) atoms. The van der Waals surface area contributed by atoms with Crippen LogP contribution in [0.15, 0.2) is 0 Å². The van der Waals surface area contributed by atoms with Crippen LogP contribution in [0.3, 0.4) is 0 Å². The van der Waals surface area contributed by atoms with Crippen molar-refractivity contribution >= 4 is 0 Å². The van der Waals surface area contributed by atoms with Gasteiger partial charge in [-0.15, -0.1) is 0 Å². The third kappa shape index (κ3) is 11.4. The summed E-state index contributed by atoms with van der Waals surface area (Å²) in [6.45, 7) is 27.8. The highest BCUT2D eigenvalue weighted by Gasteiger charge is 2.19. The van der Waals surface area contributed by atoms with Crippen molar-refractivity contribution in [1.29, 1.82) is 0 Å². The summed E-state index contributed by atoms with van der Waals surface area (Å²) in [7, 11) is 0. The summed E-state index contributed by atoms with van der Waals surface area (Å²) in [6, 6.07) is 2.22. The Morgan fingerprint density at radius 3 is 0.792 bits per heavy atom. The molecule has 0 N–H and O–H groups in total. The normalized spacial score (nSPS) is 20.4. The molecule has 0 aromatic carbocycles. The van der Waals surface area contributed by atoms with E-state index in [1.54, 1.807) is 0 Å². The minimum absolute atomic E-state index is 0.722. The van der Waals surface area contributed by atoms with Crippen LogP contribution in [-0.4, -0.2) is 72.1 Å². The van der Waals surface area contributed by atoms with Crippen molar-refractivity contribution in [1.82, 2.24) is 14.7 Å². The fraction of sp³-hybridized carbons (Fsp3) is 1.00. The molecule has 2 aliphatic rings. The number of rotatable bonds is 3. The van der Waals surface area contributed by atoms with Crippen LogP contribution in [0, 0.1) is 5.92 Å². The standard InChI is InChI=1S/C10H22N2.C7H15N.C4H10/c1-9(2)11-5-7-12(8-6-11)10(3)4;1-7(2)8-5-3-4-6-8;1-4(2)3/h9-10H,5-8H2,1-4H3;7H,3-6H2,1-2H3;4H,1-3H3. The van der Waals surface area contributed by atoms with E-state index in [9.17, 15) is 0 Å². The first-order valence-corrected chi connectivity index (χ1v) is 10.4. The van der Waals surface area contributed by atoms with Gasteiger partial charge in [-0.3, -0.25) is 9.80 Å². The number of nitrogens with zero attached hydrogens (tertiary/aromatic N) is 3. The third-order valence-electron chi connectivity index (χ3n) is 4.68. The van der Waals surface area contributed by atoms with Crippen LogP contribution >= 0.6 is 0 Å². The van der Waals surface area contributed by atoms with Crippen molar-refractivity contribution in [2.24, 2.45) is 5.92 Å². The molecule has 2 saturated heterocycles. The summed E-state index contributed by atoms with van der Waals surface area (Å²) in [5.41, 5.74) is 0. The molecule has 0 aliphatic carbocycles. The van der Waals surface area contributed by atoms with Gasteiger partial charge in [-0.1, -0.05) is 20.8 Å². The van der Waals surface area contributed by atoms with E-state index in [0.717, 1.165) is 24.0 Å². The molecule has 0 radical (unpaired) electrons. The first kappa shape index (κ1) is 23.9. The van der Waals surface area contributed by atoms with Crippen molar-refractivity contribution in [3.8, 4) is 0 Å². The Balaban J connectivity index is 0.000000379. The molecule has 2 rings (SSSR count). The molecule has 3 nitrogen and oxygen atoms in total. The molecule has 2 fully saturated rings. The van der Waals surface area contributed by atoms with Crippen molar-refractivity contribution in [3.63, 3.8) is 0 Å². The first-order chi connectivity index (χ1) is 11.1. The second-order valence-corrected chi connectivity index (χ2v) is 8.83. The molecule has 0 spiro atoms. The fourth-order valence-corrected chi connectivity index (χ4v) is 3.03. The molecule has 2 aliphatic heterocycles. The van der Waals surface area contributed by atoms with E-state index in [2.05, 4.69) is 77.0 Å². The Hall–Kier alpha value is -0.120. The molecule has 146 valence electrons. The second kappa shape index (κ2) is 13.1. The number of piperazine rings is 1. The molecular formula is C21H47N3. The maximum absolute atomic E-state index is 2.55. The zero-order chi connectivity index (χ0) is 18.7. The lowest BCUT2D eigenvalue weighted by molar-refractivity contribution is 0.0887. The molecule has 2 heterocycles. The number of hydrogen-bond donors (Lipinski definition) is 0. The smallest absolute Gasteiger partial charge is 0.0113 e. The van der Waals surface area contributed by atoms with Gasteiger partial charge in [-0.2, -0.15) is 0 Å². The monoisotopic (exact) mass is 341 g/mol. The topological polar surface area (TPSA) is 9.72 Å². The first-order valence-electron chi connectivity index (χ1n) is 10.4. The number of hydrogen-bond acceptors (Lipinski definition) is 3. The lowest BCUT2D eigenvalue weighted by Gasteiger charge is -2.38. The van der Waals surface area contributed by atoms with Gasteiger partial charge in [-0.05, 0) is 73.4 Å². The molecule has 0 aromatic heterocycles. The maximum atomic E-state index is 2.55. The summed E-state index contributed by atoms with van der Waals surface area (Å²) in [6.07, 6.45) is 2.83. The highest BCUT2D eigenvalue weighted by atomic mass is 15.3. The van der Waals surface area contributed by atoms with Crippen molar-refractivity contribution in [3.05, 3.63) is 0 Å². The fourth-order valence-electron chi connectivity index (χ4n) is 3.03. The van der Waals surface area contributed by atoms with Crippen LogP contribution in [0.1, 0.15) is 75.2 Å². The Morgan fingerprint density at radius 1 is 0.417 bits per heavy atom. The minimum Gasteiger partial charge on any atom is -0.301 e. The highest BCUT2D eigenvalue weighted by Crippen LogP contribution is 2.10. The quantitative estimate of drug-likeness (QED) is 0.744. The molecular weight excluding hydrogens is 294 g/mol. The van der Waals surface area contributed by atoms with E-state index in [4.69, 9.17) is 0 Å². The van der Waals surface area contributed by atoms with E-state index in [1.165, 1.54) is 52.1 Å². The minimum atomic E-state index is 0.722. The van der Waals surface area contributed by atoms with Gasteiger partial charge in [0.05, 0.1) is 0 Å². The van der Waals surface area contributed by atoms with E-state index in [-0.39, 0.29) is 0 Å². The maximum Gasteiger partial charge on any atom is 0.0113 e. The molecule has 0 amide bonds. The largest absolute Gasteiger partial charge is 0.301 e. The molecule has 3 heteroatoms. The van der Waals surface area contributed by atoms with E-state index >= 15 is 0 Å². The van der Waals surface area contributed by atoms with Crippen molar-refractivity contribution in [2.75, 3.05) is 39.3 Å². The molecule has 0 aromatic rings.